The molecule has 0 saturated heterocycles. The van der Waals surface area contributed by atoms with Gasteiger partial charge >= 0.3 is 0 Å². The van der Waals surface area contributed by atoms with Crippen LogP contribution >= 0.6 is 0 Å². The number of aromatic nitrogens is 2. The Bertz CT molecular complexity index is 743. The minimum Gasteiger partial charge on any atom is -0.346 e. The zero-order chi connectivity index (χ0) is 16.8. The highest BCUT2D eigenvalue weighted by molar-refractivity contribution is 5.88. The SMILES string of the molecule is C/C=C/C=C/C(=O)NC1CCCc2c1cnn2Cc1ccccc1. The number of fused-ring (bicyclic) bond motifs is 1. The number of hydrogen-bond donors (Lipinski definition) is 1. The molecule has 0 spiro atoms. The van der Waals surface area contributed by atoms with Crippen molar-refractivity contribution in [1.29, 1.82) is 0 Å². The van der Waals surface area contributed by atoms with Crippen molar-refractivity contribution >= 4 is 5.91 Å². The Kier molecular flexibility index (Phi) is 5.26. The lowest BCUT2D eigenvalue weighted by atomic mass is 9.93. The molecule has 4 nitrogen and oxygen atoms in total. The number of hydrogen-bond acceptors (Lipinski definition) is 2. The Labute approximate surface area is 142 Å². The minimum absolute atomic E-state index is 0.0539. The van der Waals surface area contributed by atoms with Crippen molar-refractivity contribution < 1.29 is 4.79 Å². The molecule has 1 atom stereocenters. The van der Waals surface area contributed by atoms with Gasteiger partial charge in [-0.25, -0.2) is 0 Å². The van der Waals surface area contributed by atoms with Crippen LogP contribution in [-0.2, 0) is 17.8 Å². The first-order valence-corrected chi connectivity index (χ1v) is 8.46. The lowest BCUT2D eigenvalue weighted by molar-refractivity contribution is -0.117. The number of allylic oxidation sites excluding steroid dienone is 3. The van der Waals surface area contributed by atoms with Crippen LogP contribution in [0.1, 0.15) is 42.6 Å². The van der Waals surface area contributed by atoms with E-state index < -0.39 is 0 Å². The van der Waals surface area contributed by atoms with Crippen LogP contribution in [-0.4, -0.2) is 15.7 Å². The second-order valence-corrected chi connectivity index (χ2v) is 6.03. The van der Waals surface area contributed by atoms with Crippen molar-refractivity contribution in [2.75, 3.05) is 0 Å². The van der Waals surface area contributed by atoms with Crippen LogP contribution in [0.15, 0.2) is 60.8 Å². The smallest absolute Gasteiger partial charge is 0.244 e. The van der Waals surface area contributed by atoms with Crippen molar-refractivity contribution in [3.05, 3.63) is 77.7 Å². The van der Waals surface area contributed by atoms with E-state index in [2.05, 4.69) is 27.2 Å². The lowest BCUT2D eigenvalue weighted by Gasteiger charge is -2.23. The predicted octanol–water partition coefficient (Wildman–Crippen LogP) is 3.56. The van der Waals surface area contributed by atoms with Crippen molar-refractivity contribution in [2.45, 2.75) is 38.8 Å². The molecule has 1 unspecified atom stereocenters. The topological polar surface area (TPSA) is 46.9 Å². The van der Waals surface area contributed by atoms with E-state index >= 15 is 0 Å². The van der Waals surface area contributed by atoms with E-state index in [0.29, 0.717) is 0 Å². The van der Waals surface area contributed by atoms with E-state index in [9.17, 15) is 4.79 Å². The third-order valence-corrected chi connectivity index (χ3v) is 4.31. The second kappa shape index (κ2) is 7.77. The van der Waals surface area contributed by atoms with Crippen LogP contribution in [0, 0.1) is 0 Å². The number of amides is 1. The van der Waals surface area contributed by atoms with Crippen LogP contribution in [0.2, 0.25) is 0 Å². The molecule has 1 N–H and O–H groups in total. The molecule has 124 valence electrons. The Morgan fingerprint density at radius 1 is 1.33 bits per heavy atom. The molecule has 0 saturated carbocycles. The van der Waals surface area contributed by atoms with Gasteiger partial charge in [0.05, 0.1) is 18.8 Å². The molecule has 3 rings (SSSR count). The quantitative estimate of drug-likeness (QED) is 0.676. The molecule has 0 radical (unpaired) electrons. The highest BCUT2D eigenvalue weighted by Gasteiger charge is 2.25. The summed E-state index contributed by atoms with van der Waals surface area (Å²) in [5.74, 6) is -0.0539. The molecular weight excluding hydrogens is 298 g/mol. The maximum absolute atomic E-state index is 12.0. The molecule has 2 aromatic rings. The summed E-state index contributed by atoms with van der Waals surface area (Å²) in [5.41, 5.74) is 3.64. The number of carbonyl (C=O) groups is 1. The van der Waals surface area contributed by atoms with Gasteiger partial charge in [-0.2, -0.15) is 5.10 Å². The Morgan fingerprint density at radius 3 is 2.96 bits per heavy atom. The minimum atomic E-state index is -0.0539. The molecule has 0 bridgehead atoms. The van der Waals surface area contributed by atoms with Gasteiger partial charge < -0.3 is 5.32 Å². The van der Waals surface area contributed by atoms with E-state index in [4.69, 9.17) is 0 Å². The first-order chi connectivity index (χ1) is 11.8. The molecule has 1 aliphatic carbocycles. The summed E-state index contributed by atoms with van der Waals surface area (Å²) in [7, 11) is 0. The van der Waals surface area contributed by atoms with Gasteiger partial charge in [0.1, 0.15) is 0 Å². The van der Waals surface area contributed by atoms with Crippen LogP contribution in [0.4, 0.5) is 0 Å². The average molecular weight is 321 g/mol. The molecular formula is C20H23N3O. The fourth-order valence-corrected chi connectivity index (χ4v) is 3.14. The molecule has 4 heteroatoms. The molecule has 24 heavy (non-hydrogen) atoms. The zero-order valence-corrected chi connectivity index (χ0v) is 14.0. The molecule has 1 aromatic carbocycles. The average Bonchev–Trinajstić information content (AvgIpc) is 3.00. The monoisotopic (exact) mass is 321 g/mol. The normalized spacial score (nSPS) is 17.3. The Balaban J connectivity index is 1.73. The van der Waals surface area contributed by atoms with Gasteiger partial charge in [-0.3, -0.25) is 9.48 Å². The van der Waals surface area contributed by atoms with Gasteiger partial charge in [-0.15, -0.1) is 0 Å². The second-order valence-electron chi connectivity index (χ2n) is 6.03. The van der Waals surface area contributed by atoms with E-state index in [1.54, 1.807) is 12.2 Å². The summed E-state index contributed by atoms with van der Waals surface area (Å²) >= 11 is 0. The highest BCUT2D eigenvalue weighted by Crippen LogP contribution is 2.29. The predicted molar refractivity (Wildman–Crippen MR) is 95.5 cm³/mol. The molecule has 0 fully saturated rings. The molecule has 1 amide bonds. The Hall–Kier alpha value is -2.62. The summed E-state index contributed by atoms with van der Waals surface area (Å²) in [6.07, 6.45) is 12.0. The number of benzene rings is 1. The van der Waals surface area contributed by atoms with Gasteiger partial charge in [0.2, 0.25) is 5.91 Å². The Morgan fingerprint density at radius 2 is 2.17 bits per heavy atom. The van der Waals surface area contributed by atoms with Crippen molar-refractivity contribution in [3.63, 3.8) is 0 Å². The van der Waals surface area contributed by atoms with Gasteiger partial charge in [0.15, 0.2) is 0 Å². The maximum Gasteiger partial charge on any atom is 0.244 e. The summed E-state index contributed by atoms with van der Waals surface area (Å²) < 4.78 is 2.07. The van der Waals surface area contributed by atoms with Crippen molar-refractivity contribution in [3.8, 4) is 0 Å². The third-order valence-electron chi connectivity index (χ3n) is 4.31. The van der Waals surface area contributed by atoms with Crippen LogP contribution < -0.4 is 5.32 Å². The maximum atomic E-state index is 12.0. The van der Waals surface area contributed by atoms with E-state index in [1.165, 1.54) is 11.3 Å². The number of nitrogens with zero attached hydrogens (tertiary/aromatic N) is 2. The van der Waals surface area contributed by atoms with Gasteiger partial charge in [0.25, 0.3) is 0 Å². The summed E-state index contributed by atoms with van der Waals surface area (Å²) in [6, 6.07) is 10.4. The summed E-state index contributed by atoms with van der Waals surface area (Å²) in [6.45, 7) is 2.70. The van der Waals surface area contributed by atoms with Crippen molar-refractivity contribution in [1.82, 2.24) is 15.1 Å². The summed E-state index contributed by atoms with van der Waals surface area (Å²) in [5, 5.41) is 7.66. The molecule has 1 aromatic heterocycles. The summed E-state index contributed by atoms with van der Waals surface area (Å²) in [4.78, 5) is 12.0. The highest BCUT2D eigenvalue weighted by atomic mass is 16.1. The fourth-order valence-electron chi connectivity index (χ4n) is 3.14. The molecule has 1 heterocycles. The van der Waals surface area contributed by atoms with Gasteiger partial charge in [-0.05, 0) is 31.7 Å². The zero-order valence-electron chi connectivity index (χ0n) is 14.0. The van der Waals surface area contributed by atoms with Gasteiger partial charge in [0, 0.05) is 17.3 Å². The number of nitrogens with one attached hydrogen (secondary N) is 1. The molecule has 1 aliphatic rings. The molecule has 0 aliphatic heterocycles. The largest absolute Gasteiger partial charge is 0.346 e. The number of rotatable bonds is 5. The van der Waals surface area contributed by atoms with Crippen LogP contribution in [0.5, 0.6) is 0 Å². The first-order valence-electron chi connectivity index (χ1n) is 8.46. The van der Waals surface area contributed by atoms with Gasteiger partial charge in [-0.1, -0.05) is 48.6 Å². The lowest BCUT2D eigenvalue weighted by Crippen LogP contribution is -2.29. The van der Waals surface area contributed by atoms with E-state index in [1.807, 2.05) is 43.5 Å². The van der Waals surface area contributed by atoms with Crippen LogP contribution in [0.25, 0.3) is 0 Å². The third kappa shape index (κ3) is 3.82. The van der Waals surface area contributed by atoms with Crippen LogP contribution in [0.3, 0.4) is 0 Å². The van der Waals surface area contributed by atoms with E-state index in [-0.39, 0.29) is 11.9 Å². The first kappa shape index (κ1) is 16.2. The van der Waals surface area contributed by atoms with E-state index in [0.717, 1.165) is 31.4 Å². The fraction of sp³-hybridized carbons (Fsp3) is 0.300. The van der Waals surface area contributed by atoms with Crippen molar-refractivity contribution in [2.24, 2.45) is 0 Å². The number of carbonyl (C=O) groups excluding carboxylic acids is 1. The standard InChI is InChI=1S/C20H23N3O/c1-2-3-5-13-20(24)22-18-11-8-12-19-17(18)14-21-23(19)15-16-9-6-4-7-10-16/h2-7,9-10,13-14,18H,8,11-12,15H2,1H3,(H,22,24)/b3-2+,13-5+.